The van der Waals surface area contributed by atoms with Crippen LogP contribution in [0.15, 0.2) is 11.3 Å². The largest absolute Gasteiger partial charge is 0.458 e. The normalized spacial score (nSPS) is 20.1. The van der Waals surface area contributed by atoms with Gasteiger partial charge in [0.05, 0.1) is 35.8 Å². The molecule has 30 heavy (non-hydrogen) atoms. The van der Waals surface area contributed by atoms with Crippen molar-refractivity contribution >= 4 is 47.4 Å². The Morgan fingerprint density at radius 2 is 1.90 bits per heavy atom. The molecule has 1 amide bonds. The van der Waals surface area contributed by atoms with E-state index in [9.17, 15) is 19.2 Å². The third kappa shape index (κ3) is 3.71. The number of ether oxygens (including phenoxy) is 2. The second-order valence-electron chi connectivity index (χ2n) is 6.78. The fourth-order valence-electron chi connectivity index (χ4n) is 3.68. The molecule has 0 radical (unpaired) electrons. The van der Waals surface area contributed by atoms with Gasteiger partial charge >= 0.3 is 11.4 Å². The molecule has 3 rings (SSSR count). The Balaban J connectivity index is 2.04. The topological polar surface area (TPSA) is 130 Å². The van der Waals surface area contributed by atoms with Crippen LogP contribution in [0, 0.1) is 0 Å². The molecule has 1 aromatic rings. The Kier molecular flexibility index (Phi) is 6.51. The Labute approximate surface area is 183 Å². The van der Waals surface area contributed by atoms with Gasteiger partial charge in [-0.1, -0.05) is 0 Å². The average Bonchev–Trinajstić information content (AvgIpc) is 3.18. The Morgan fingerprint density at radius 1 is 1.23 bits per heavy atom. The molecule has 1 aliphatic heterocycles. The standard InChI is InChI=1S/C19H23N3O6S2/c1-4-27-18(25)21-10-6-22-13(17(10)29)9(7-30-19(26)28-5-2)11-14(22)15(23)8(3)12(20)16(11)24/h10,17,29H,4-7,20H2,1-3H3,(H,21,25)/t10-,17-/m1/s1. The van der Waals surface area contributed by atoms with E-state index in [1.807, 2.05) is 0 Å². The fraction of sp³-hybridized carbons (Fsp3) is 0.474. The molecule has 0 saturated carbocycles. The average molecular weight is 454 g/mol. The highest BCUT2D eigenvalue weighted by molar-refractivity contribution is 8.12. The van der Waals surface area contributed by atoms with E-state index >= 15 is 0 Å². The second kappa shape index (κ2) is 8.76. The lowest BCUT2D eigenvalue weighted by Crippen LogP contribution is -2.38. The van der Waals surface area contributed by atoms with Gasteiger partial charge < -0.3 is 25.1 Å². The number of thiol groups is 1. The number of Topliss-reactive ketones (excluding diaryl/α,β-unsaturated/α-hetero) is 2. The maximum Gasteiger partial charge on any atom is 0.407 e. The number of carbonyl (C=O) groups excluding carboxylic acids is 4. The minimum Gasteiger partial charge on any atom is -0.458 e. The molecule has 0 aromatic carbocycles. The molecule has 162 valence electrons. The van der Waals surface area contributed by atoms with Crippen LogP contribution in [0.1, 0.15) is 58.1 Å². The zero-order chi connectivity index (χ0) is 22.2. The number of nitrogens with zero attached hydrogens (tertiary/aromatic N) is 1. The molecule has 2 aliphatic rings. The van der Waals surface area contributed by atoms with Crippen molar-refractivity contribution < 1.29 is 28.7 Å². The lowest BCUT2D eigenvalue weighted by Gasteiger charge is -2.20. The van der Waals surface area contributed by atoms with E-state index in [1.54, 1.807) is 18.4 Å². The number of ketones is 2. The summed E-state index contributed by atoms with van der Waals surface area (Å²) in [6, 6.07) is -0.453. The molecule has 2 atom stereocenters. The van der Waals surface area contributed by atoms with Gasteiger partial charge in [-0.25, -0.2) is 9.59 Å². The van der Waals surface area contributed by atoms with Crippen molar-refractivity contribution in [3.63, 3.8) is 0 Å². The number of fused-ring (bicyclic) bond motifs is 3. The molecule has 11 heteroatoms. The lowest BCUT2D eigenvalue weighted by atomic mass is 9.90. The van der Waals surface area contributed by atoms with Gasteiger partial charge in [-0.05, 0) is 38.1 Å². The fourth-order valence-corrected chi connectivity index (χ4v) is 4.89. The summed E-state index contributed by atoms with van der Waals surface area (Å²) >= 11 is 5.53. The van der Waals surface area contributed by atoms with Crippen molar-refractivity contribution in [2.45, 2.75) is 44.4 Å². The van der Waals surface area contributed by atoms with Crippen LogP contribution in [0.3, 0.4) is 0 Å². The van der Waals surface area contributed by atoms with Crippen molar-refractivity contribution in [2.24, 2.45) is 5.73 Å². The summed E-state index contributed by atoms with van der Waals surface area (Å²) < 4.78 is 11.6. The second-order valence-corrected chi connectivity index (χ2v) is 8.25. The number of aromatic nitrogens is 1. The third-order valence-electron chi connectivity index (χ3n) is 5.06. The third-order valence-corrected chi connectivity index (χ3v) is 6.45. The Hall–Kier alpha value is -2.40. The number of alkyl carbamates (subject to hydrolysis) is 1. The maximum absolute atomic E-state index is 13.0. The molecule has 0 fully saturated rings. The maximum atomic E-state index is 13.0. The van der Waals surface area contributed by atoms with Crippen molar-refractivity contribution in [1.82, 2.24) is 9.88 Å². The zero-order valence-electron chi connectivity index (χ0n) is 16.8. The number of thioether (sulfide) groups is 1. The summed E-state index contributed by atoms with van der Waals surface area (Å²) in [5.41, 5.74) is 7.48. The number of nitrogens with one attached hydrogen (secondary N) is 1. The zero-order valence-corrected chi connectivity index (χ0v) is 18.5. The van der Waals surface area contributed by atoms with Crippen molar-refractivity contribution in [2.75, 3.05) is 13.2 Å². The quantitative estimate of drug-likeness (QED) is 0.458. The number of hydrogen-bond donors (Lipinski definition) is 3. The first kappa shape index (κ1) is 22.3. The van der Waals surface area contributed by atoms with Gasteiger partial charge in [0.15, 0.2) is 0 Å². The summed E-state index contributed by atoms with van der Waals surface area (Å²) in [4.78, 5) is 49.7. The molecule has 3 N–H and O–H groups in total. The molecule has 1 aliphatic carbocycles. The summed E-state index contributed by atoms with van der Waals surface area (Å²) in [5, 5.41) is 1.73. The SMILES string of the molecule is CCOC(=O)N[C@@H]1Cn2c3c(c(CSC(=O)OCC)c2[C@@H]1S)C(=O)C(N)=C(C)C3=O. The highest BCUT2D eigenvalue weighted by atomic mass is 32.2. The summed E-state index contributed by atoms with van der Waals surface area (Å²) in [5.74, 6) is -0.690. The molecule has 0 unspecified atom stereocenters. The van der Waals surface area contributed by atoms with Crippen LogP contribution in [0.5, 0.6) is 0 Å². The summed E-state index contributed by atoms with van der Waals surface area (Å²) in [6.45, 7) is 5.58. The van der Waals surface area contributed by atoms with Crippen molar-refractivity contribution in [3.05, 3.63) is 33.8 Å². The van der Waals surface area contributed by atoms with E-state index in [1.165, 1.54) is 6.92 Å². The molecule has 0 bridgehead atoms. The number of rotatable bonds is 5. The molecule has 0 saturated heterocycles. The first-order chi connectivity index (χ1) is 14.2. The van der Waals surface area contributed by atoms with E-state index in [2.05, 4.69) is 17.9 Å². The predicted molar refractivity (Wildman–Crippen MR) is 114 cm³/mol. The smallest absolute Gasteiger partial charge is 0.407 e. The van der Waals surface area contributed by atoms with E-state index in [-0.39, 0.29) is 53.8 Å². The number of carbonyl (C=O) groups is 4. The Morgan fingerprint density at radius 3 is 2.53 bits per heavy atom. The van der Waals surface area contributed by atoms with E-state index in [0.29, 0.717) is 11.3 Å². The van der Waals surface area contributed by atoms with Crippen LogP contribution in [-0.2, 0) is 21.8 Å². The first-order valence-corrected chi connectivity index (χ1v) is 10.9. The molecule has 1 aromatic heterocycles. The van der Waals surface area contributed by atoms with Gasteiger partial charge in [-0.15, -0.1) is 0 Å². The van der Waals surface area contributed by atoms with E-state index in [0.717, 1.165) is 11.8 Å². The van der Waals surface area contributed by atoms with Crippen LogP contribution in [0.2, 0.25) is 0 Å². The monoisotopic (exact) mass is 453 g/mol. The first-order valence-electron chi connectivity index (χ1n) is 9.44. The lowest BCUT2D eigenvalue weighted by molar-refractivity contribution is 0.0967. The summed E-state index contributed by atoms with van der Waals surface area (Å²) in [6.07, 6.45) is -0.591. The number of allylic oxidation sites excluding steroid dienone is 2. The number of hydrogen-bond acceptors (Lipinski definition) is 9. The number of amides is 1. The van der Waals surface area contributed by atoms with Gasteiger partial charge in [0, 0.05) is 23.6 Å². The highest BCUT2D eigenvalue weighted by Gasteiger charge is 2.44. The predicted octanol–water partition coefficient (Wildman–Crippen LogP) is 2.59. The molecule has 2 heterocycles. The number of nitrogens with two attached hydrogens (primary N) is 1. The van der Waals surface area contributed by atoms with Crippen LogP contribution < -0.4 is 11.1 Å². The van der Waals surface area contributed by atoms with Crippen LogP contribution >= 0.6 is 24.4 Å². The van der Waals surface area contributed by atoms with Crippen LogP contribution in [0.25, 0.3) is 0 Å². The highest BCUT2D eigenvalue weighted by Crippen LogP contribution is 2.43. The van der Waals surface area contributed by atoms with Crippen molar-refractivity contribution in [1.29, 1.82) is 0 Å². The molecular formula is C19H23N3O6S2. The molecule has 0 spiro atoms. The van der Waals surface area contributed by atoms with E-state index in [4.69, 9.17) is 15.2 Å². The van der Waals surface area contributed by atoms with Crippen LogP contribution in [-0.4, -0.2) is 46.8 Å². The van der Waals surface area contributed by atoms with Crippen LogP contribution in [0.4, 0.5) is 9.59 Å². The van der Waals surface area contributed by atoms with Gasteiger partial charge in [-0.2, -0.15) is 12.6 Å². The summed E-state index contributed by atoms with van der Waals surface area (Å²) in [7, 11) is 0. The molecular weight excluding hydrogens is 430 g/mol. The van der Waals surface area contributed by atoms with Crippen molar-refractivity contribution in [3.8, 4) is 0 Å². The van der Waals surface area contributed by atoms with Gasteiger partial charge in [0.25, 0.3) is 0 Å². The van der Waals surface area contributed by atoms with Gasteiger partial charge in [-0.3, -0.25) is 9.59 Å². The molecule has 9 nitrogen and oxygen atoms in total. The minimum absolute atomic E-state index is 0.101. The van der Waals surface area contributed by atoms with Gasteiger partial charge in [0.1, 0.15) is 5.69 Å². The Bertz CT molecular complexity index is 968. The minimum atomic E-state index is -0.591. The van der Waals surface area contributed by atoms with E-state index < -0.39 is 28.5 Å². The van der Waals surface area contributed by atoms with Gasteiger partial charge in [0.2, 0.25) is 11.6 Å².